The fourth-order valence-electron chi connectivity index (χ4n) is 2.54. The summed E-state index contributed by atoms with van der Waals surface area (Å²) in [6, 6.07) is 12.4. The summed E-state index contributed by atoms with van der Waals surface area (Å²) in [6.07, 6.45) is 0. The summed E-state index contributed by atoms with van der Waals surface area (Å²) in [5, 5.41) is 0.374. The van der Waals surface area contributed by atoms with Gasteiger partial charge in [0.05, 0.1) is 12.6 Å². The third-order valence-corrected chi connectivity index (χ3v) is 3.78. The summed E-state index contributed by atoms with van der Waals surface area (Å²) < 4.78 is 13.6. The lowest BCUT2D eigenvalue weighted by Crippen LogP contribution is -2.36. The standard InChI is InChI=1S/C16H15ClFN3/c1-10-2-4-14(5-3-10)21-15(9-20-16(21)19)11-6-12(17)8-13(18)7-11/h2-8,15H,9H2,1H3,(H2,19,20). The quantitative estimate of drug-likeness (QED) is 0.920. The molecule has 2 aromatic rings. The molecule has 3 rings (SSSR count). The summed E-state index contributed by atoms with van der Waals surface area (Å²) >= 11 is 5.95. The van der Waals surface area contributed by atoms with Crippen LogP contribution < -0.4 is 10.6 Å². The zero-order valence-corrected chi connectivity index (χ0v) is 12.3. The Balaban J connectivity index is 2.00. The second-order valence-electron chi connectivity index (χ2n) is 5.12. The Kier molecular flexibility index (Phi) is 3.55. The van der Waals surface area contributed by atoms with Crippen LogP contribution in [0, 0.1) is 12.7 Å². The number of hydrogen-bond acceptors (Lipinski definition) is 3. The summed E-state index contributed by atoms with van der Waals surface area (Å²) in [6.45, 7) is 2.51. The fraction of sp³-hybridized carbons (Fsp3) is 0.188. The molecule has 108 valence electrons. The average molecular weight is 304 g/mol. The lowest BCUT2D eigenvalue weighted by molar-refractivity contribution is 0.621. The number of aryl methyl sites for hydroxylation is 1. The molecule has 1 aliphatic rings. The highest BCUT2D eigenvalue weighted by molar-refractivity contribution is 6.30. The summed E-state index contributed by atoms with van der Waals surface area (Å²) in [4.78, 5) is 6.20. The van der Waals surface area contributed by atoms with Gasteiger partial charge in [0, 0.05) is 10.7 Å². The Morgan fingerprint density at radius 3 is 2.62 bits per heavy atom. The topological polar surface area (TPSA) is 41.6 Å². The van der Waals surface area contributed by atoms with Gasteiger partial charge in [-0.15, -0.1) is 0 Å². The number of nitrogens with two attached hydrogens (primary N) is 1. The minimum atomic E-state index is -0.355. The first-order valence-corrected chi connectivity index (χ1v) is 7.04. The fourth-order valence-corrected chi connectivity index (χ4v) is 2.77. The minimum absolute atomic E-state index is 0.138. The van der Waals surface area contributed by atoms with Crippen LogP contribution in [-0.2, 0) is 0 Å². The van der Waals surface area contributed by atoms with Gasteiger partial charge in [0.1, 0.15) is 5.82 Å². The summed E-state index contributed by atoms with van der Waals surface area (Å²) in [7, 11) is 0. The third kappa shape index (κ3) is 2.72. The summed E-state index contributed by atoms with van der Waals surface area (Å²) in [5.41, 5.74) is 8.87. The van der Waals surface area contributed by atoms with Gasteiger partial charge in [-0.3, -0.25) is 4.99 Å². The van der Waals surface area contributed by atoms with Gasteiger partial charge in [-0.25, -0.2) is 4.39 Å². The number of nitrogens with zero attached hydrogens (tertiary/aromatic N) is 2. The van der Waals surface area contributed by atoms with E-state index in [0.29, 0.717) is 17.5 Å². The SMILES string of the molecule is Cc1ccc(N2C(N)=NCC2c2cc(F)cc(Cl)c2)cc1. The normalized spacial score (nSPS) is 18.0. The number of rotatable bonds is 2. The first-order valence-electron chi connectivity index (χ1n) is 6.66. The van der Waals surface area contributed by atoms with Gasteiger partial charge in [0.25, 0.3) is 0 Å². The molecule has 0 bridgehead atoms. The predicted octanol–water partition coefficient (Wildman–Crippen LogP) is 3.66. The Hall–Kier alpha value is -2.07. The van der Waals surface area contributed by atoms with Crippen LogP contribution >= 0.6 is 11.6 Å². The molecule has 0 saturated carbocycles. The number of halogens is 2. The molecule has 5 heteroatoms. The minimum Gasteiger partial charge on any atom is -0.369 e. The van der Waals surface area contributed by atoms with Crippen molar-refractivity contribution in [3.63, 3.8) is 0 Å². The van der Waals surface area contributed by atoms with Crippen LogP contribution in [0.3, 0.4) is 0 Å². The van der Waals surface area contributed by atoms with Crippen molar-refractivity contribution in [1.82, 2.24) is 0 Å². The Morgan fingerprint density at radius 2 is 1.95 bits per heavy atom. The van der Waals surface area contributed by atoms with Crippen molar-refractivity contribution >= 4 is 23.2 Å². The number of hydrogen-bond donors (Lipinski definition) is 1. The van der Waals surface area contributed by atoms with Gasteiger partial charge in [0.2, 0.25) is 0 Å². The molecule has 2 aromatic carbocycles. The van der Waals surface area contributed by atoms with E-state index in [-0.39, 0.29) is 11.9 Å². The number of benzene rings is 2. The molecule has 3 nitrogen and oxygen atoms in total. The van der Waals surface area contributed by atoms with Crippen LogP contribution in [0.1, 0.15) is 17.2 Å². The monoisotopic (exact) mass is 303 g/mol. The molecule has 21 heavy (non-hydrogen) atoms. The zero-order chi connectivity index (χ0) is 15.0. The van der Waals surface area contributed by atoms with E-state index in [1.807, 2.05) is 36.1 Å². The van der Waals surface area contributed by atoms with E-state index < -0.39 is 0 Å². The molecule has 0 radical (unpaired) electrons. The molecule has 1 unspecified atom stereocenters. The highest BCUT2D eigenvalue weighted by atomic mass is 35.5. The molecule has 0 amide bonds. The maximum atomic E-state index is 13.6. The van der Waals surface area contributed by atoms with Crippen molar-refractivity contribution in [1.29, 1.82) is 0 Å². The van der Waals surface area contributed by atoms with Gasteiger partial charge >= 0.3 is 0 Å². The zero-order valence-electron chi connectivity index (χ0n) is 11.6. The van der Waals surface area contributed by atoms with Gasteiger partial charge in [-0.1, -0.05) is 29.3 Å². The Labute approximate surface area is 127 Å². The van der Waals surface area contributed by atoms with E-state index >= 15 is 0 Å². The second-order valence-corrected chi connectivity index (χ2v) is 5.56. The number of aliphatic imine (C=N–C) groups is 1. The van der Waals surface area contributed by atoms with Crippen LogP contribution in [0.25, 0.3) is 0 Å². The molecule has 0 fully saturated rings. The van der Waals surface area contributed by atoms with E-state index in [0.717, 1.165) is 11.3 Å². The first kappa shape index (κ1) is 13.9. The molecule has 2 N–H and O–H groups in total. The van der Waals surface area contributed by atoms with Crippen molar-refractivity contribution in [2.75, 3.05) is 11.4 Å². The lowest BCUT2D eigenvalue weighted by atomic mass is 10.1. The van der Waals surface area contributed by atoms with Gasteiger partial charge in [0.15, 0.2) is 5.96 Å². The van der Waals surface area contributed by atoms with Gasteiger partial charge < -0.3 is 10.6 Å². The van der Waals surface area contributed by atoms with Crippen molar-refractivity contribution in [3.05, 3.63) is 64.4 Å². The molecular weight excluding hydrogens is 289 g/mol. The van der Waals surface area contributed by atoms with Crippen LogP contribution in [0.5, 0.6) is 0 Å². The average Bonchev–Trinajstić information content (AvgIpc) is 2.80. The van der Waals surface area contributed by atoms with E-state index in [1.54, 1.807) is 6.07 Å². The second kappa shape index (κ2) is 5.37. The molecule has 0 saturated heterocycles. The van der Waals surface area contributed by atoms with E-state index in [2.05, 4.69) is 4.99 Å². The molecule has 1 aliphatic heterocycles. The molecule has 0 aliphatic carbocycles. The van der Waals surface area contributed by atoms with Crippen LogP contribution in [0.15, 0.2) is 47.5 Å². The number of guanidine groups is 1. The maximum Gasteiger partial charge on any atom is 0.196 e. The molecule has 1 heterocycles. The largest absolute Gasteiger partial charge is 0.369 e. The Bertz CT molecular complexity index is 677. The van der Waals surface area contributed by atoms with Crippen molar-refractivity contribution < 1.29 is 4.39 Å². The molecular formula is C16H15ClFN3. The Morgan fingerprint density at radius 1 is 1.24 bits per heavy atom. The molecule has 0 aromatic heterocycles. The van der Waals surface area contributed by atoms with Crippen molar-refractivity contribution in [3.8, 4) is 0 Å². The van der Waals surface area contributed by atoms with Crippen molar-refractivity contribution in [2.24, 2.45) is 10.7 Å². The van der Waals surface area contributed by atoms with E-state index in [9.17, 15) is 4.39 Å². The molecule has 1 atom stereocenters. The van der Waals surface area contributed by atoms with Gasteiger partial charge in [-0.2, -0.15) is 0 Å². The maximum absolute atomic E-state index is 13.6. The highest BCUT2D eigenvalue weighted by Crippen LogP contribution is 2.32. The highest BCUT2D eigenvalue weighted by Gasteiger charge is 2.29. The van der Waals surface area contributed by atoms with Crippen LogP contribution in [-0.4, -0.2) is 12.5 Å². The predicted molar refractivity (Wildman–Crippen MR) is 84.3 cm³/mol. The van der Waals surface area contributed by atoms with Crippen LogP contribution in [0.4, 0.5) is 10.1 Å². The van der Waals surface area contributed by atoms with E-state index in [1.165, 1.54) is 17.7 Å². The van der Waals surface area contributed by atoms with Crippen LogP contribution in [0.2, 0.25) is 5.02 Å². The smallest absolute Gasteiger partial charge is 0.196 e. The summed E-state index contributed by atoms with van der Waals surface area (Å²) in [5.74, 6) is 0.0797. The van der Waals surface area contributed by atoms with E-state index in [4.69, 9.17) is 17.3 Å². The van der Waals surface area contributed by atoms with Gasteiger partial charge in [-0.05, 0) is 42.8 Å². The first-order chi connectivity index (χ1) is 10.0. The third-order valence-electron chi connectivity index (χ3n) is 3.57. The molecule has 0 spiro atoms. The number of anilines is 1. The van der Waals surface area contributed by atoms with Crippen molar-refractivity contribution in [2.45, 2.75) is 13.0 Å². The lowest BCUT2D eigenvalue weighted by Gasteiger charge is -2.27.